The van der Waals surface area contributed by atoms with Crippen LogP contribution in [0.5, 0.6) is 0 Å². The van der Waals surface area contributed by atoms with Gasteiger partial charge in [-0.25, -0.2) is 4.98 Å². The molecule has 0 spiro atoms. The lowest BCUT2D eigenvalue weighted by atomic mass is 10.1. The molecule has 0 aliphatic heterocycles. The fourth-order valence-corrected chi connectivity index (χ4v) is 4.19. The fourth-order valence-electron chi connectivity index (χ4n) is 2.69. The van der Waals surface area contributed by atoms with Gasteiger partial charge in [0, 0.05) is 33.9 Å². The van der Waals surface area contributed by atoms with Crippen LogP contribution in [0.25, 0.3) is 0 Å². The molecule has 2 aromatic carbocycles. The Balaban J connectivity index is 0.000000837. The molecule has 1 heterocycles. The van der Waals surface area contributed by atoms with Gasteiger partial charge in [-0.15, -0.1) is 21.9 Å². The molecular weight excluding hydrogens is 497 g/mol. The Hall–Kier alpha value is -1.97. The molecule has 172 valence electrons. The number of thioether (sulfide) groups is 1. The molecule has 2 unspecified atom stereocenters. The maximum Gasteiger partial charge on any atom is 0.291 e. The van der Waals surface area contributed by atoms with Gasteiger partial charge in [0.15, 0.2) is 0 Å². The van der Waals surface area contributed by atoms with Crippen LogP contribution in [0.2, 0.25) is 10.0 Å². The lowest BCUT2D eigenvalue weighted by molar-refractivity contribution is -0.742. The SMILES string of the molecule is Clc1ccc(SCCCCOC(c2ccc(Cl)cc2)C(Cl)n2ccnc2)cc1.O=[N+]([O-])O. The number of benzene rings is 2. The summed E-state index contributed by atoms with van der Waals surface area (Å²) in [6, 6.07) is 15.5. The average molecular weight is 519 g/mol. The quantitative estimate of drug-likeness (QED) is 0.103. The number of rotatable bonds is 10. The number of ether oxygens (including phenoxy) is 1. The molecule has 32 heavy (non-hydrogen) atoms. The van der Waals surface area contributed by atoms with Crippen molar-refractivity contribution in [3.8, 4) is 0 Å². The predicted molar refractivity (Wildman–Crippen MR) is 127 cm³/mol. The van der Waals surface area contributed by atoms with Crippen LogP contribution in [-0.2, 0) is 4.74 Å². The number of halogens is 3. The summed E-state index contributed by atoms with van der Waals surface area (Å²) in [7, 11) is 0. The first-order valence-electron chi connectivity index (χ1n) is 9.57. The van der Waals surface area contributed by atoms with Crippen molar-refractivity contribution in [2.24, 2.45) is 0 Å². The number of unbranched alkanes of at least 4 members (excludes halogenated alkanes) is 1. The van der Waals surface area contributed by atoms with Gasteiger partial charge in [-0.05, 0) is 60.6 Å². The first-order chi connectivity index (χ1) is 15.4. The highest BCUT2D eigenvalue weighted by Gasteiger charge is 2.23. The maximum atomic E-state index is 8.36. The standard InChI is InChI=1S/C21H21Cl3N2OS.HNO3/c22-17-5-3-16(4-6-17)20(21(24)26-12-11-25-15-26)27-13-1-2-14-28-19-9-7-18(23)8-10-19;2-1(3)4/h3-12,15,20-21H,1-2,13-14H2;(H,2,3,4). The Kier molecular flexibility index (Phi) is 11.7. The third kappa shape index (κ3) is 9.67. The van der Waals surface area contributed by atoms with Gasteiger partial charge in [-0.3, -0.25) is 0 Å². The monoisotopic (exact) mass is 517 g/mol. The van der Waals surface area contributed by atoms with E-state index >= 15 is 0 Å². The van der Waals surface area contributed by atoms with E-state index in [0.29, 0.717) is 11.6 Å². The summed E-state index contributed by atoms with van der Waals surface area (Å²) < 4.78 is 8.02. The van der Waals surface area contributed by atoms with Gasteiger partial charge >= 0.3 is 0 Å². The largest absolute Gasteiger partial charge is 0.370 e. The summed E-state index contributed by atoms with van der Waals surface area (Å²) in [6.07, 6.45) is 6.98. The summed E-state index contributed by atoms with van der Waals surface area (Å²) in [6.45, 7) is 0.631. The number of hydrogen-bond acceptors (Lipinski definition) is 5. The zero-order valence-electron chi connectivity index (χ0n) is 16.9. The van der Waals surface area contributed by atoms with Crippen molar-refractivity contribution >= 4 is 46.6 Å². The highest BCUT2D eigenvalue weighted by atomic mass is 35.5. The van der Waals surface area contributed by atoms with Gasteiger partial charge < -0.3 is 14.5 Å². The Morgan fingerprint density at radius 2 is 1.69 bits per heavy atom. The van der Waals surface area contributed by atoms with E-state index in [-0.39, 0.29) is 11.6 Å². The van der Waals surface area contributed by atoms with Crippen LogP contribution in [0.15, 0.2) is 72.1 Å². The summed E-state index contributed by atoms with van der Waals surface area (Å²) >= 11 is 20.4. The second kappa shape index (κ2) is 14.2. The van der Waals surface area contributed by atoms with Crippen LogP contribution in [0.4, 0.5) is 0 Å². The Morgan fingerprint density at radius 1 is 1.09 bits per heavy atom. The molecule has 0 amide bonds. The second-order valence-corrected chi connectivity index (χ2v) is 8.96. The van der Waals surface area contributed by atoms with Crippen LogP contribution in [-0.4, -0.2) is 32.2 Å². The molecular formula is C21H22Cl3N3O4S. The molecule has 0 aliphatic rings. The molecule has 0 radical (unpaired) electrons. The van der Waals surface area contributed by atoms with E-state index < -0.39 is 5.09 Å². The molecule has 0 saturated carbocycles. The smallest absolute Gasteiger partial charge is 0.291 e. The third-order valence-electron chi connectivity index (χ3n) is 4.18. The zero-order valence-corrected chi connectivity index (χ0v) is 20.0. The molecule has 0 bridgehead atoms. The molecule has 3 aromatic rings. The molecule has 2 atom stereocenters. The number of alkyl halides is 1. The summed E-state index contributed by atoms with van der Waals surface area (Å²) in [5.41, 5.74) is 0.612. The van der Waals surface area contributed by atoms with Crippen molar-refractivity contribution in [3.63, 3.8) is 0 Å². The van der Waals surface area contributed by atoms with Crippen LogP contribution in [0, 0.1) is 10.1 Å². The highest BCUT2D eigenvalue weighted by molar-refractivity contribution is 7.99. The van der Waals surface area contributed by atoms with Crippen molar-refractivity contribution in [2.75, 3.05) is 12.4 Å². The maximum absolute atomic E-state index is 8.36. The van der Waals surface area contributed by atoms with Crippen molar-refractivity contribution in [1.82, 2.24) is 9.55 Å². The molecule has 11 heteroatoms. The van der Waals surface area contributed by atoms with Gasteiger partial charge in [0.05, 0.1) is 6.33 Å². The topological polar surface area (TPSA) is 90.4 Å². The molecule has 3 rings (SSSR count). The normalized spacial score (nSPS) is 12.5. The van der Waals surface area contributed by atoms with Crippen LogP contribution in [0.3, 0.4) is 0 Å². The van der Waals surface area contributed by atoms with Gasteiger partial charge in [0.25, 0.3) is 5.09 Å². The summed E-state index contributed by atoms with van der Waals surface area (Å²) in [5.74, 6) is 1.03. The molecule has 7 nitrogen and oxygen atoms in total. The zero-order chi connectivity index (χ0) is 23.3. The third-order valence-corrected chi connectivity index (χ3v) is 6.23. The number of hydrogen-bond donors (Lipinski definition) is 1. The van der Waals surface area contributed by atoms with Crippen LogP contribution < -0.4 is 0 Å². The first-order valence-corrected chi connectivity index (χ1v) is 11.7. The van der Waals surface area contributed by atoms with Crippen molar-refractivity contribution in [3.05, 3.63) is 93.0 Å². The highest BCUT2D eigenvalue weighted by Crippen LogP contribution is 2.34. The Labute approximate surface area is 205 Å². The van der Waals surface area contributed by atoms with Gasteiger partial charge in [-0.2, -0.15) is 0 Å². The first kappa shape index (κ1) is 26.3. The van der Waals surface area contributed by atoms with Gasteiger partial charge in [-0.1, -0.05) is 46.9 Å². The number of nitrogens with zero attached hydrogens (tertiary/aromatic N) is 3. The van der Waals surface area contributed by atoms with Crippen molar-refractivity contribution in [1.29, 1.82) is 0 Å². The minimum Gasteiger partial charge on any atom is -0.370 e. The summed E-state index contributed by atoms with van der Waals surface area (Å²) in [4.78, 5) is 13.7. The minimum atomic E-state index is -1.50. The minimum absolute atomic E-state index is 0.281. The van der Waals surface area contributed by atoms with Crippen LogP contribution >= 0.6 is 46.6 Å². The van der Waals surface area contributed by atoms with E-state index in [9.17, 15) is 0 Å². The molecule has 0 fully saturated rings. The van der Waals surface area contributed by atoms with E-state index in [2.05, 4.69) is 4.98 Å². The Bertz CT molecular complexity index is 924. The van der Waals surface area contributed by atoms with E-state index in [1.54, 1.807) is 12.5 Å². The van der Waals surface area contributed by atoms with Gasteiger partial charge in [0.2, 0.25) is 0 Å². The number of aromatic nitrogens is 2. The van der Waals surface area contributed by atoms with Crippen LogP contribution in [0.1, 0.15) is 30.0 Å². The number of imidazole rings is 1. The van der Waals surface area contributed by atoms with Crippen molar-refractivity contribution in [2.45, 2.75) is 29.3 Å². The van der Waals surface area contributed by atoms with Crippen molar-refractivity contribution < 1.29 is 15.0 Å². The lowest BCUT2D eigenvalue weighted by Gasteiger charge is -2.24. The second-order valence-electron chi connectivity index (χ2n) is 6.47. The summed E-state index contributed by atoms with van der Waals surface area (Å²) in [5, 5.41) is 15.1. The van der Waals surface area contributed by atoms with E-state index in [4.69, 9.17) is 54.9 Å². The van der Waals surface area contributed by atoms with E-state index in [1.165, 1.54) is 4.90 Å². The molecule has 1 N–H and O–H groups in total. The predicted octanol–water partition coefficient (Wildman–Crippen LogP) is 6.91. The molecule has 1 aromatic heterocycles. The molecule has 0 saturated heterocycles. The van der Waals surface area contributed by atoms with E-state index in [1.807, 2.05) is 71.1 Å². The Morgan fingerprint density at radius 3 is 2.25 bits per heavy atom. The molecule has 0 aliphatic carbocycles. The average Bonchev–Trinajstić information content (AvgIpc) is 3.30. The van der Waals surface area contributed by atoms with E-state index in [0.717, 1.165) is 29.2 Å². The lowest BCUT2D eigenvalue weighted by Crippen LogP contribution is -2.16. The van der Waals surface area contributed by atoms with Gasteiger partial charge in [0.1, 0.15) is 11.6 Å². The fraction of sp³-hybridized carbons (Fsp3) is 0.286.